The van der Waals surface area contributed by atoms with E-state index in [1.807, 2.05) is 37.3 Å². The Hall–Kier alpha value is -1.68. The van der Waals surface area contributed by atoms with Gasteiger partial charge in [-0.15, -0.1) is 0 Å². The highest BCUT2D eigenvalue weighted by atomic mass is 16.2. The van der Waals surface area contributed by atoms with Gasteiger partial charge in [-0.3, -0.25) is 4.79 Å². The van der Waals surface area contributed by atoms with Gasteiger partial charge in [0.1, 0.15) is 0 Å². The average Bonchev–Trinajstić information content (AvgIpc) is 2.44. The minimum absolute atomic E-state index is 0.189. The highest BCUT2D eigenvalue weighted by molar-refractivity contribution is 5.91. The zero-order valence-corrected chi connectivity index (χ0v) is 12.5. The van der Waals surface area contributed by atoms with Crippen molar-refractivity contribution in [1.82, 2.24) is 5.32 Å². The number of benzene rings is 1. The number of carbonyl (C=O) groups is 1. The molecule has 0 bridgehead atoms. The molecule has 1 rings (SSSR count). The third kappa shape index (κ3) is 4.78. The SMILES string of the molecule is CCC(C)C(NC(=O)C(N)Cc1ccccc1)C(C)=N. The molecule has 20 heavy (non-hydrogen) atoms. The Morgan fingerprint density at radius 1 is 1.35 bits per heavy atom. The smallest absolute Gasteiger partial charge is 0.237 e. The van der Waals surface area contributed by atoms with E-state index in [0.29, 0.717) is 12.1 Å². The molecule has 1 amide bonds. The van der Waals surface area contributed by atoms with Crippen molar-refractivity contribution in [3.8, 4) is 0 Å². The lowest BCUT2D eigenvalue weighted by atomic mass is 9.95. The first kappa shape index (κ1) is 16.4. The largest absolute Gasteiger partial charge is 0.346 e. The Kier molecular flexibility index (Phi) is 6.39. The van der Waals surface area contributed by atoms with Crippen LogP contribution in [-0.4, -0.2) is 23.7 Å². The van der Waals surface area contributed by atoms with Crippen molar-refractivity contribution in [3.05, 3.63) is 35.9 Å². The molecule has 3 unspecified atom stereocenters. The predicted molar refractivity (Wildman–Crippen MR) is 82.9 cm³/mol. The van der Waals surface area contributed by atoms with Crippen molar-refractivity contribution < 1.29 is 4.79 Å². The van der Waals surface area contributed by atoms with Crippen molar-refractivity contribution >= 4 is 11.6 Å². The van der Waals surface area contributed by atoms with Crippen LogP contribution in [0.25, 0.3) is 0 Å². The number of carbonyl (C=O) groups excluding carboxylic acids is 1. The molecule has 4 N–H and O–H groups in total. The highest BCUT2D eigenvalue weighted by Gasteiger charge is 2.23. The van der Waals surface area contributed by atoms with Crippen LogP contribution in [0.15, 0.2) is 30.3 Å². The molecule has 0 saturated heterocycles. The lowest BCUT2D eigenvalue weighted by Crippen LogP contribution is -2.50. The first-order valence-electron chi connectivity index (χ1n) is 7.10. The van der Waals surface area contributed by atoms with Crippen LogP contribution < -0.4 is 11.1 Å². The van der Waals surface area contributed by atoms with Crippen LogP contribution in [0.4, 0.5) is 0 Å². The second kappa shape index (κ2) is 7.80. The highest BCUT2D eigenvalue weighted by Crippen LogP contribution is 2.09. The van der Waals surface area contributed by atoms with Crippen molar-refractivity contribution in [2.24, 2.45) is 11.7 Å². The maximum atomic E-state index is 12.1. The van der Waals surface area contributed by atoms with Crippen molar-refractivity contribution in [2.75, 3.05) is 0 Å². The summed E-state index contributed by atoms with van der Waals surface area (Å²) >= 11 is 0. The van der Waals surface area contributed by atoms with Gasteiger partial charge in [-0.1, -0.05) is 50.6 Å². The van der Waals surface area contributed by atoms with Gasteiger partial charge in [0.2, 0.25) is 5.91 Å². The number of nitrogens with one attached hydrogen (secondary N) is 2. The van der Waals surface area contributed by atoms with E-state index >= 15 is 0 Å². The summed E-state index contributed by atoms with van der Waals surface area (Å²) in [5.41, 5.74) is 7.47. The van der Waals surface area contributed by atoms with E-state index in [-0.39, 0.29) is 17.9 Å². The fourth-order valence-electron chi connectivity index (χ4n) is 2.13. The molecule has 1 aromatic rings. The van der Waals surface area contributed by atoms with Gasteiger partial charge in [0.05, 0.1) is 12.1 Å². The van der Waals surface area contributed by atoms with Gasteiger partial charge in [-0.25, -0.2) is 0 Å². The van der Waals surface area contributed by atoms with Gasteiger partial charge in [-0.05, 0) is 24.8 Å². The summed E-state index contributed by atoms with van der Waals surface area (Å²) in [6, 6.07) is 8.92. The molecule has 0 aliphatic rings. The molecule has 0 heterocycles. The van der Waals surface area contributed by atoms with Gasteiger partial charge in [-0.2, -0.15) is 0 Å². The number of hydrogen-bond acceptors (Lipinski definition) is 3. The normalized spacial score (nSPS) is 15.2. The lowest BCUT2D eigenvalue weighted by Gasteiger charge is -2.25. The van der Waals surface area contributed by atoms with Gasteiger partial charge < -0.3 is 16.5 Å². The van der Waals surface area contributed by atoms with Crippen LogP contribution in [0, 0.1) is 11.3 Å². The van der Waals surface area contributed by atoms with E-state index in [9.17, 15) is 4.79 Å². The topological polar surface area (TPSA) is 79.0 Å². The maximum absolute atomic E-state index is 12.1. The molecular weight excluding hydrogens is 250 g/mol. The zero-order chi connectivity index (χ0) is 15.1. The molecule has 4 heteroatoms. The van der Waals surface area contributed by atoms with Crippen LogP contribution in [0.2, 0.25) is 0 Å². The van der Waals surface area contributed by atoms with E-state index in [0.717, 1.165) is 12.0 Å². The van der Waals surface area contributed by atoms with Crippen LogP contribution in [0.1, 0.15) is 32.8 Å². The van der Waals surface area contributed by atoms with Gasteiger partial charge in [0.15, 0.2) is 0 Å². The van der Waals surface area contributed by atoms with Gasteiger partial charge >= 0.3 is 0 Å². The van der Waals surface area contributed by atoms with Crippen LogP contribution in [-0.2, 0) is 11.2 Å². The minimum Gasteiger partial charge on any atom is -0.346 e. The monoisotopic (exact) mass is 275 g/mol. The lowest BCUT2D eigenvalue weighted by molar-refractivity contribution is -0.122. The number of amides is 1. The Morgan fingerprint density at radius 2 is 1.95 bits per heavy atom. The van der Waals surface area contributed by atoms with Crippen molar-refractivity contribution in [1.29, 1.82) is 5.41 Å². The Labute approximate surface area is 121 Å². The molecule has 0 aromatic heterocycles. The molecule has 0 radical (unpaired) electrons. The Morgan fingerprint density at radius 3 is 2.45 bits per heavy atom. The first-order valence-corrected chi connectivity index (χ1v) is 7.10. The molecule has 0 spiro atoms. The van der Waals surface area contributed by atoms with Gasteiger partial charge in [0.25, 0.3) is 0 Å². The Bertz CT molecular complexity index is 444. The fraction of sp³-hybridized carbons (Fsp3) is 0.500. The second-order valence-electron chi connectivity index (χ2n) is 5.35. The maximum Gasteiger partial charge on any atom is 0.237 e. The average molecular weight is 275 g/mol. The summed E-state index contributed by atoms with van der Waals surface area (Å²) in [6.45, 7) is 5.81. The van der Waals surface area contributed by atoms with E-state index < -0.39 is 6.04 Å². The molecule has 0 aliphatic carbocycles. The first-order chi connectivity index (χ1) is 9.45. The van der Waals surface area contributed by atoms with E-state index in [4.69, 9.17) is 11.1 Å². The summed E-state index contributed by atoms with van der Waals surface area (Å²) in [4.78, 5) is 12.1. The van der Waals surface area contributed by atoms with Crippen LogP contribution in [0.5, 0.6) is 0 Å². The Balaban J connectivity index is 2.62. The minimum atomic E-state index is -0.580. The second-order valence-corrected chi connectivity index (χ2v) is 5.35. The summed E-state index contributed by atoms with van der Waals surface area (Å²) < 4.78 is 0. The number of hydrogen-bond donors (Lipinski definition) is 3. The summed E-state index contributed by atoms with van der Waals surface area (Å²) in [6.07, 6.45) is 1.42. The van der Waals surface area contributed by atoms with E-state index in [1.54, 1.807) is 6.92 Å². The van der Waals surface area contributed by atoms with Crippen molar-refractivity contribution in [2.45, 2.75) is 45.7 Å². The third-order valence-electron chi connectivity index (χ3n) is 3.61. The molecule has 4 nitrogen and oxygen atoms in total. The molecule has 0 saturated carbocycles. The molecule has 3 atom stereocenters. The van der Waals surface area contributed by atoms with Crippen LogP contribution >= 0.6 is 0 Å². The van der Waals surface area contributed by atoms with Crippen LogP contribution in [0.3, 0.4) is 0 Å². The standard InChI is InChI=1S/C16H25N3O/c1-4-11(2)15(12(3)17)19-16(20)14(18)10-13-8-6-5-7-9-13/h5-9,11,14-15,17H,4,10,18H2,1-3H3,(H,19,20). The molecule has 0 aliphatic heterocycles. The summed E-state index contributed by atoms with van der Waals surface area (Å²) in [5, 5.41) is 10.7. The quantitative estimate of drug-likeness (QED) is 0.666. The number of nitrogens with two attached hydrogens (primary N) is 1. The number of rotatable bonds is 7. The molecule has 110 valence electrons. The third-order valence-corrected chi connectivity index (χ3v) is 3.61. The summed E-state index contributed by atoms with van der Waals surface area (Å²) in [5.74, 6) is 0.0473. The fourth-order valence-corrected chi connectivity index (χ4v) is 2.13. The molecule has 0 fully saturated rings. The van der Waals surface area contributed by atoms with E-state index in [1.165, 1.54) is 0 Å². The molecule has 1 aromatic carbocycles. The van der Waals surface area contributed by atoms with Gasteiger partial charge in [0, 0.05) is 5.71 Å². The van der Waals surface area contributed by atoms with Crippen molar-refractivity contribution in [3.63, 3.8) is 0 Å². The zero-order valence-electron chi connectivity index (χ0n) is 12.5. The molecular formula is C16H25N3O. The van der Waals surface area contributed by atoms with E-state index in [2.05, 4.69) is 12.2 Å². The predicted octanol–water partition coefficient (Wildman–Crippen LogP) is 2.13. The summed E-state index contributed by atoms with van der Waals surface area (Å²) in [7, 11) is 0.